The zero-order valence-corrected chi connectivity index (χ0v) is 11.9. The summed E-state index contributed by atoms with van der Waals surface area (Å²) >= 11 is 1.87. The van der Waals surface area contributed by atoms with E-state index in [0.717, 1.165) is 12.2 Å². The molecule has 3 N–H and O–H groups in total. The number of benzene rings is 1. The molecule has 1 aromatic carbocycles. The van der Waals surface area contributed by atoms with E-state index in [2.05, 4.69) is 50.5 Å². The maximum Gasteiger partial charge on any atom is 0.0462 e. The van der Waals surface area contributed by atoms with Crippen molar-refractivity contribution in [2.24, 2.45) is 11.8 Å². The third-order valence-corrected chi connectivity index (χ3v) is 4.02. The number of nitrogens with two attached hydrogens (primary N) is 1. The predicted octanol–water partition coefficient (Wildman–Crippen LogP) is 3.74. The van der Waals surface area contributed by atoms with Gasteiger partial charge in [-0.05, 0) is 35.8 Å². The Bertz CT molecular complexity index is 311. The van der Waals surface area contributed by atoms with Crippen molar-refractivity contribution in [2.45, 2.75) is 44.6 Å². The van der Waals surface area contributed by atoms with E-state index in [4.69, 9.17) is 5.84 Å². The van der Waals surface area contributed by atoms with Gasteiger partial charge < -0.3 is 0 Å². The molecule has 3 heteroatoms. The fourth-order valence-corrected chi connectivity index (χ4v) is 2.49. The highest BCUT2D eigenvalue weighted by atomic mass is 32.2. The van der Waals surface area contributed by atoms with Gasteiger partial charge in [0.2, 0.25) is 0 Å². The maximum atomic E-state index is 5.65. The van der Waals surface area contributed by atoms with Crippen molar-refractivity contribution < 1.29 is 0 Å². The van der Waals surface area contributed by atoms with Gasteiger partial charge in [0.1, 0.15) is 0 Å². The molecule has 0 saturated carbocycles. The fraction of sp³-hybridized carbons (Fsp3) is 0.571. The second-order valence-electron chi connectivity index (χ2n) is 4.47. The third-order valence-electron chi connectivity index (χ3n) is 3.13. The molecule has 0 heterocycles. The van der Waals surface area contributed by atoms with Crippen molar-refractivity contribution in [1.29, 1.82) is 0 Å². The van der Waals surface area contributed by atoms with E-state index >= 15 is 0 Å². The van der Waals surface area contributed by atoms with Gasteiger partial charge in [-0.15, -0.1) is 11.8 Å². The zero-order chi connectivity index (χ0) is 12.7. The van der Waals surface area contributed by atoms with Gasteiger partial charge in [-0.3, -0.25) is 11.3 Å². The molecule has 0 fully saturated rings. The zero-order valence-electron chi connectivity index (χ0n) is 11.1. The fourth-order valence-electron chi connectivity index (χ4n) is 1.83. The highest BCUT2D eigenvalue weighted by Gasteiger charge is 2.12. The van der Waals surface area contributed by atoms with E-state index in [-0.39, 0.29) is 6.04 Å². The molecule has 96 valence electrons. The van der Waals surface area contributed by atoms with Crippen molar-refractivity contribution >= 4 is 11.8 Å². The van der Waals surface area contributed by atoms with Crippen molar-refractivity contribution in [1.82, 2.24) is 5.43 Å². The molecule has 0 radical (unpaired) electrons. The Kier molecular flexibility index (Phi) is 6.63. The number of hydrogen-bond donors (Lipinski definition) is 2. The van der Waals surface area contributed by atoms with Crippen LogP contribution in [0.15, 0.2) is 29.2 Å². The summed E-state index contributed by atoms with van der Waals surface area (Å²) in [7, 11) is 0. The molecule has 0 aliphatic heterocycles. The van der Waals surface area contributed by atoms with E-state index in [1.54, 1.807) is 0 Å². The van der Waals surface area contributed by atoms with Gasteiger partial charge >= 0.3 is 0 Å². The summed E-state index contributed by atoms with van der Waals surface area (Å²) in [6, 6.07) is 9.01. The van der Waals surface area contributed by atoms with Crippen LogP contribution in [0.2, 0.25) is 0 Å². The van der Waals surface area contributed by atoms with Crippen LogP contribution in [-0.2, 0) is 0 Å². The lowest BCUT2D eigenvalue weighted by Crippen LogP contribution is -2.29. The molecule has 2 nitrogen and oxygen atoms in total. The maximum absolute atomic E-state index is 5.65. The van der Waals surface area contributed by atoms with Crippen LogP contribution < -0.4 is 11.3 Å². The Morgan fingerprint density at radius 2 is 1.88 bits per heavy atom. The van der Waals surface area contributed by atoms with Crippen LogP contribution in [-0.4, -0.2) is 5.75 Å². The lowest BCUT2D eigenvalue weighted by atomic mass is 9.95. The van der Waals surface area contributed by atoms with E-state index in [1.165, 1.54) is 16.9 Å². The van der Waals surface area contributed by atoms with E-state index in [1.807, 2.05) is 11.8 Å². The topological polar surface area (TPSA) is 38.0 Å². The number of hydrazine groups is 1. The first-order valence-electron chi connectivity index (χ1n) is 6.40. The van der Waals surface area contributed by atoms with Crippen LogP contribution in [0.3, 0.4) is 0 Å². The summed E-state index contributed by atoms with van der Waals surface area (Å²) in [4.78, 5) is 1.33. The first kappa shape index (κ1) is 14.6. The average molecular weight is 252 g/mol. The molecule has 1 rings (SSSR count). The van der Waals surface area contributed by atoms with Crippen LogP contribution in [0.4, 0.5) is 0 Å². The summed E-state index contributed by atoms with van der Waals surface area (Å²) in [6.07, 6.45) is 2.29. The molecule has 17 heavy (non-hydrogen) atoms. The SMILES string of the molecule is CCSc1ccc(C(CC(C)CC)NN)cc1. The summed E-state index contributed by atoms with van der Waals surface area (Å²) in [5.74, 6) is 7.46. The molecule has 0 bridgehead atoms. The molecule has 2 atom stereocenters. The molecular formula is C14H24N2S. The number of hydrogen-bond acceptors (Lipinski definition) is 3. The molecule has 0 aromatic heterocycles. The lowest BCUT2D eigenvalue weighted by Gasteiger charge is -2.20. The summed E-state index contributed by atoms with van der Waals surface area (Å²) in [5, 5.41) is 0. The highest BCUT2D eigenvalue weighted by molar-refractivity contribution is 7.99. The Balaban J connectivity index is 2.68. The molecule has 0 spiro atoms. The van der Waals surface area contributed by atoms with Gasteiger partial charge in [-0.25, -0.2) is 0 Å². The minimum Gasteiger partial charge on any atom is -0.271 e. The molecule has 0 aliphatic carbocycles. The molecule has 0 amide bonds. The number of thioether (sulfide) groups is 1. The second-order valence-corrected chi connectivity index (χ2v) is 5.81. The monoisotopic (exact) mass is 252 g/mol. The summed E-state index contributed by atoms with van der Waals surface area (Å²) in [6.45, 7) is 6.66. The first-order chi connectivity index (χ1) is 8.21. The quantitative estimate of drug-likeness (QED) is 0.441. The predicted molar refractivity (Wildman–Crippen MR) is 77.0 cm³/mol. The standard InChI is InChI=1S/C14H24N2S/c1-4-11(3)10-14(16-15)12-6-8-13(9-7-12)17-5-2/h6-9,11,14,16H,4-5,10,15H2,1-3H3. The van der Waals surface area contributed by atoms with E-state index < -0.39 is 0 Å². The van der Waals surface area contributed by atoms with Crippen LogP contribution >= 0.6 is 11.8 Å². The Morgan fingerprint density at radius 1 is 1.24 bits per heavy atom. The average Bonchev–Trinajstić information content (AvgIpc) is 2.37. The van der Waals surface area contributed by atoms with Gasteiger partial charge in [0, 0.05) is 10.9 Å². The minimum absolute atomic E-state index is 0.269. The van der Waals surface area contributed by atoms with Crippen LogP contribution in [0, 0.1) is 5.92 Å². The Morgan fingerprint density at radius 3 is 2.35 bits per heavy atom. The van der Waals surface area contributed by atoms with E-state index in [9.17, 15) is 0 Å². The number of nitrogens with one attached hydrogen (secondary N) is 1. The van der Waals surface area contributed by atoms with Gasteiger partial charge in [0.15, 0.2) is 0 Å². The molecule has 0 saturated heterocycles. The Hall–Kier alpha value is -0.510. The molecule has 1 aromatic rings. The van der Waals surface area contributed by atoms with E-state index in [0.29, 0.717) is 5.92 Å². The van der Waals surface area contributed by atoms with Gasteiger partial charge in [-0.1, -0.05) is 39.3 Å². The molecular weight excluding hydrogens is 228 g/mol. The third kappa shape index (κ3) is 4.70. The minimum atomic E-state index is 0.269. The summed E-state index contributed by atoms with van der Waals surface area (Å²) in [5.41, 5.74) is 4.21. The van der Waals surface area contributed by atoms with Crippen LogP contribution in [0.25, 0.3) is 0 Å². The highest BCUT2D eigenvalue weighted by Crippen LogP contribution is 2.25. The van der Waals surface area contributed by atoms with Gasteiger partial charge in [0.05, 0.1) is 0 Å². The lowest BCUT2D eigenvalue weighted by molar-refractivity contribution is 0.407. The normalized spacial score (nSPS) is 14.6. The molecule has 0 aliphatic rings. The molecule has 2 unspecified atom stereocenters. The van der Waals surface area contributed by atoms with Crippen LogP contribution in [0.1, 0.15) is 45.2 Å². The van der Waals surface area contributed by atoms with Crippen molar-refractivity contribution in [2.75, 3.05) is 5.75 Å². The smallest absolute Gasteiger partial charge is 0.0462 e. The van der Waals surface area contributed by atoms with Gasteiger partial charge in [-0.2, -0.15) is 0 Å². The summed E-state index contributed by atoms with van der Waals surface area (Å²) < 4.78 is 0. The first-order valence-corrected chi connectivity index (χ1v) is 7.38. The van der Waals surface area contributed by atoms with Gasteiger partial charge in [0.25, 0.3) is 0 Å². The largest absolute Gasteiger partial charge is 0.271 e. The van der Waals surface area contributed by atoms with Crippen molar-refractivity contribution in [3.63, 3.8) is 0 Å². The van der Waals surface area contributed by atoms with Crippen molar-refractivity contribution in [3.05, 3.63) is 29.8 Å². The number of rotatable bonds is 7. The van der Waals surface area contributed by atoms with Crippen LogP contribution in [0.5, 0.6) is 0 Å². The van der Waals surface area contributed by atoms with Crippen molar-refractivity contribution in [3.8, 4) is 0 Å². The Labute approximate surface area is 109 Å². The second kappa shape index (κ2) is 7.75.